The number of hydrogen-bond acceptors (Lipinski definition) is 7. The summed E-state index contributed by atoms with van der Waals surface area (Å²) in [4.78, 5) is 21.1. The number of anilines is 1. The van der Waals surface area contributed by atoms with Gasteiger partial charge in [-0.3, -0.25) is 0 Å². The Balaban J connectivity index is 2.16. The molecule has 0 spiro atoms. The van der Waals surface area contributed by atoms with Gasteiger partial charge in [-0.25, -0.2) is 14.8 Å². The molecule has 0 N–H and O–H groups in total. The molecule has 0 aromatic carbocycles. The molecule has 7 heteroatoms. The van der Waals surface area contributed by atoms with Gasteiger partial charge in [-0.15, -0.1) is 0 Å². The molecular weight excluding hydrogens is 238 g/mol. The molecule has 0 bridgehead atoms. The predicted octanol–water partition coefficient (Wildman–Crippen LogP) is -0.436. The summed E-state index contributed by atoms with van der Waals surface area (Å²) in [6, 6.07) is 0. The molecule has 2 rings (SSSR count). The highest BCUT2D eigenvalue weighted by atomic mass is 16.5. The largest absolute Gasteiger partial charge is 0.858 e. The molecule has 98 valence electrons. The molecule has 0 amide bonds. The van der Waals surface area contributed by atoms with Crippen LogP contribution in [0.4, 0.5) is 5.95 Å². The van der Waals surface area contributed by atoms with Gasteiger partial charge in [0, 0.05) is 25.2 Å². The van der Waals surface area contributed by atoms with E-state index in [1.54, 1.807) is 6.92 Å². The minimum atomic E-state index is -0.684. The Morgan fingerprint density at radius 1 is 1.56 bits per heavy atom. The SMILES string of the molecule is CCOC(=O)c1cnc(N2CCOCC2)nc1[O-]. The molecular formula is C11H14N3O4-. The molecule has 0 unspecified atom stereocenters. The maximum Gasteiger partial charge on any atom is 0.340 e. The Hall–Kier alpha value is -1.89. The molecule has 1 fully saturated rings. The van der Waals surface area contributed by atoms with Crippen LogP contribution in [0.3, 0.4) is 0 Å². The molecule has 0 radical (unpaired) electrons. The minimum absolute atomic E-state index is 0.131. The normalized spacial score (nSPS) is 15.5. The van der Waals surface area contributed by atoms with E-state index in [4.69, 9.17) is 9.47 Å². The smallest absolute Gasteiger partial charge is 0.340 e. The van der Waals surface area contributed by atoms with Crippen molar-refractivity contribution in [3.05, 3.63) is 11.8 Å². The molecule has 18 heavy (non-hydrogen) atoms. The lowest BCUT2D eigenvalue weighted by Gasteiger charge is -2.27. The van der Waals surface area contributed by atoms with Gasteiger partial charge in [-0.2, -0.15) is 0 Å². The van der Waals surface area contributed by atoms with Crippen molar-refractivity contribution < 1.29 is 19.4 Å². The van der Waals surface area contributed by atoms with Crippen LogP contribution in [0.25, 0.3) is 0 Å². The highest BCUT2D eigenvalue weighted by Crippen LogP contribution is 2.16. The van der Waals surface area contributed by atoms with Crippen molar-refractivity contribution in [2.45, 2.75) is 6.92 Å². The Labute approximate surface area is 104 Å². The fraction of sp³-hybridized carbons (Fsp3) is 0.545. The zero-order valence-electron chi connectivity index (χ0n) is 10.1. The van der Waals surface area contributed by atoms with Crippen molar-refractivity contribution in [1.82, 2.24) is 9.97 Å². The summed E-state index contributed by atoms with van der Waals surface area (Å²) in [7, 11) is 0. The van der Waals surface area contributed by atoms with E-state index in [0.717, 1.165) is 0 Å². The average molecular weight is 252 g/mol. The fourth-order valence-electron chi connectivity index (χ4n) is 1.62. The fourth-order valence-corrected chi connectivity index (χ4v) is 1.62. The first-order valence-corrected chi connectivity index (χ1v) is 5.76. The molecule has 1 aliphatic heterocycles. The first-order valence-electron chi connectivity index (χ1n) is 5.76. The topological polar surface area (TPSA) is 87.6 Å². The first-order chi connectivity index (χ1) is 8.72. The number of morpholine rings is 1. The third-order valence-corrected chi connectivity index (χ3v) is 2.53. The lowest BCUT2D eigenvalue weighted by atomic mass is 10.3. The maximum absolute atomic E-state index is 11.7. The van der Waals surface area contributed by atoms with Crippen molar-refractivity contribution in [2.75, 3.05) is 37.8 Å². The highest BCUT2D eigenvalue weighted by Gasteiger charge is 2.16. The highest BCUT2D eigenvalue weighted by molar-refractivity contribution is 5.91. The third kappa shape index (κ3) is 2.67. The number of carbonyl (C=O) groups excluding carboxylic acids is 1. The second-order valence-electron chi connectivity index (χ2n) is 3.71. The number of hydrogen-bond donors (Lipinski definition) is 0. The van der Waals surface area contributed by atoms with Crippen LogP contribution in [-0.2, 0) is 9.47 Å². The van der Waals surface area contributed by atoms with Crippen LogP contribution < -0.4 is 10.0 Å². The van der Waals surface area contributed by atoms with Gasteiger partial charge in [0.1, 0.15) is 0 Å². The van der Waals surface area contributed by atoms with E-state index in [1.165, 1.54) is 6.20 Å². The van der Waals surface area contributed by atoms with E-state index in [0.29, 0.717) is 32.3 Å². The summed E-state index contributed by atoms with van der Waals surface area (Å²) in [6.45, 7) is 4.32. The van der Waals surface area contributed by atoms with Gasteiger partial charge in [-0.05, 0) is 6.92 Å². The van der Waals surface area contributed by atoms with E-state index in [2.05, 4.69) is 9.97 Å². The van der Waals surface area contributed by atoms with Crippen molar-refractivity contribution in [1.29, 1.82) is 0 Å². The van der Waals surface area contributed by atoms with Crippen molar-refractivity contribution in [3.63, 3.8) is 0 Å². The number of carbonyl (C=O) groups is 1. The van der Waals surface area contributed by atoms with E-state index >= 15 is 0 Å². The van der Waals surface area contributed by atoms with Gasteiger partial charge in [0.05, 0.1) is 25.4 Å². The number of esters is 1. The van der Waals surface area contributed by atoms with Crippen LogP contribution in [0.2, 0.25) is 0 Å². The first kappa shape index (κ1) is 12.6. The minimum Gasteiger partial charge on any atom is -0.858 e. The summed E-state index contributed by atoms with van der Waals surface area (Å²) in [6.07, 6.45) is 1.22. The van der Waals surface area contributed by atoms with Crippen LogP contribution in [-0.4, -0.2) is 48.8 Å². The van der Waals surface area contributed by atoms with Gasteiger partial charge in [-0.1, -0.05) is 0 Å². The van der Waals surface area contributed by atoms with Crippen molar-refractivity contribution in [3.8, 4) is 5.88 Å². The molecule has 1 saturated heterocycles. The Kier molecular flexibility index (Phi) is 3.93. The zero-order valence-corrected chi connectivity index (χ0v) is 10.1. The number of aromatic nitrogens is 2. The lowest BCUT2D eigenvalue weighted by molar-refractivity contribution is -0.275. The van der Waals surface area contributed by atoms with E-state index in [-0.39, 0.29) is 12.2 Å². The second-order valence-corrected chi connectivity index (χ2v) is 3.71. The molecule has 0 atom stereocenters. The van der Waals surface area contributed by atoms with Crippen LogP contribution >= 0.6 is 0 Å². The predicted molar refractivity (Wildman–Crippen MR) is 60.5 cm³/mol. The lowest BCUT2D eigenvalue weighted by Crippen LogP contribution is -2.37. The van der Waals surface area contributed by atoms with Crippen LogP contribution in [0.15, 0.2) is 6.20 Å². The summed E-state index contributed by atoms with van der Waals surface area (Å²) < 4.78 is 9.94. The average Bonchev–Trinajstić information content (AvgIpc) is 2.40. The van der Waals surface area contributed by atoms with Gasteiger partial charge in [0.15, 0.2) is 0 Å². The number of nitrogens with zero attached hydrogens (tertiary/aromatic N) is 3. The molecule has 1 aromatic rings. The van der Waals surface area contributed by atoms with Crippen LogP contribution in [0, 0.1) is 0 Å². The number of rotatable bonds is 3. The number of ether oxygens (including phenoxy) is 2. The molecule has 0 saturated carbocycles. The van der Waals surface area contributed by atoms with Crippen LogP contribution in [0.5, 0.6) is 5.88 Å². The maximum atomic E-state index is 11.7. The molecule has 2 heterocycles. The molecule has 1 aromatic heterocycles. The third-order valence-electron chi connectivity index (χ3n) is 2.53. The standard InChI is InChI=1S/C11H15N3O4/c1-2-18-10(16)8-7-12-11(13-9(8)15)14-3-5-17-6-4-14/h7H,2-6H2,1H3,(H,12,13,15)/p-1. The van der Waals surface area contributed by atoms with Crippen molar-refractivity contribution >= 4 is 11.9 Å². The van der Waals surface area contributed by atoms with Crippen molar-refractivity contribution in [2.24, 2.45) is 0 Å². The molecule has 7 nitrogen and oxygen atoms in total. The van der Waals surface area contributed by atoms with Gasteiger partial charge < -0.3 is 19.5 Å². The second kappa shape index (κ2) is 5.63. The molecule has 1 aliphatic rings. The Bertz CT molecular complexity index is 432. The zero-order chi connectivity index (χ0) is 13.0. The Morgan fingerprint density at radius 3 is 2.89 bits per heavy atom. The molecule has 0 aliphatic carbocycles. The summed E-state index contributed by atoms with van der Waals surface area (Å²) in [5.74, 6) is -0.961. The summed E-state index contributed by atoms with van der Waals surface area (Å²) in [5.41, 5.74) is -0.131. The van der Waals surface area contributed by atoms with E-state index in [9.17, 15) is 9.90 Å². The monoisotopic (exact) mass is 252 g/mol. The summed E-state index contributed by atoms with van der Waals surface area (Å²) in [5, 5.41) is 11.7. The van der Waals surface area contributed by atoms with Crippen LogP contribution in [0.1, 0.15) is 17.3 Å². The van der Waals surface area contributed by atoms with E-state index in [1.807, 2.05) is 4.90 Å². The van der Waals surface area contributed by atoms with Gasteiger partial charge in [0.25, 0.3) is 0 Å². The quantitative estimate of drug-likeness (QED) is 0.674. The van der Waals surface area contributed by atoms with Gasteiger partial charge >= 0.3 is 5.97 Å². The Morgan fingerprint density at radius 2 is 2.28 bits per heavy atom. The summed E-state index contributed by atoms with van der Waals surface area (Å²) >= 11 is 0. The van der Waals surface area contributed by atoms with Gasteiger partial charge in [0.2, 0.25) is 5.95 Å². The van der Waals surface area contributed by atoms with E-state index < -0.39 is 11.8 Å².